The number of nitrogens with zero attached hydrogens (tertiary/aromatic N) is 3. The Balaban J connectivity index is 1.71. The molecule has 1 amide bonds. The molecule has 1 atom stereocenters. The van der Waals surface area contributed by atoms with Crippen LogP contribution in [0, 0.1) is 6.92 Å². The quantitative estimate of drug-likeness (QED) is 0.690. The summed E-state index contributed by atoms with van der Waals surface area (Å²) in [5.41, 5.74) is 3.18. The fourth-order valence-corrected chi connectivity index (χ4v) is 3.19. The van der Waals surface area contributed by atoms with E-state index in [1.165, 1.54) is 0 Å². The topological polar surface area (TPSA) is 86.1 Å². The predicted octanol–water partition coefficient (Wildman–Crippen LogP) is 2.77. The number of hydrogen-bond donors (Lipinski definition) is 1. The molecule has 0 radical (unpaired) electrons. The fraction of sp³-hybridized carbons (Fsp3) is 0.333. The van der Waals surface area contributed by atoms with E-state index in [2.05, 4.69) is 15.4 Å². The third-order valence-corrected chi connectivity index (χ3v) is 4.83. The van der Waals surface area contributed by atoms with Gasteiger partial charge >= 0.3 is 5.97 Å². The molecule has 1 N–H and O–H groups in total. The van der Waals surface area contributed by atoms with Crippen LogP contribution in [0.1, 0.15) is 35.8 Å². The van der Waals surface area contributed by atoms with Gasteiger partial charge in [-0.25, -0.2) is 9.78 Å². The summed E-state index contributed by atoms with van der Waals surface area (Å²) in [5.74, 6) is -0.827. The van der Waals surface area contributed by atoms with Crippen LogP contribution < -0.4 is 5.32 Å². The van der Waals surface area contributed by atoms with E-state index in [1.54, 1.807) is 24.7 Å². The lowest BCUT2D eigenvalue weighted by atomic mass is 10.1. The molecule has 1 aromatic carbocycles. The first-order valence-electron chi connectivity index (χ1n) is 9.35. The molecule has 7 nitrogen and oxygen atoms in total. The van der Waals surface area contributed by atoms with Gasteiger partial charge in [0, 0.05) is 18.7 Å². The highest BCUT2D eigenvalue weighted by atomic mass is 16.5. The normalized spacial score (nSPS) is 14.7. The van der Waals surface area contributed by atoms with E-state index in [4.69, 9.17) is 4.74 Å². The molecular weight excluding hydrogens is 356 g/mol. The summed E-state index contributed by atoms with van der Waals surface area (Å²) in [6.45, 7) is 3.41. The first-order chi connectivity index (χ1) is 13.4. The van der Waals surface area contributed by atoms with Crippen LogP contribution in [0.5, 0.6) is 0 Å². The number of ether oxygens (including phenoxy) is 1. The Bertz CT molecular complexity index is 1050. The fourth-order valence-electron chi connectivity index (χ4n) is 3.19. The lowest BCUT2D eigenvalue weighted by molar-refractivity contribution is -0.129. The Morgan fingerprint density at radius 2 is 1.96 bits per heavy atom. The molecule has 2 heterocycles. The van der Waals surface area contributed by atoms with Gasteiger partial charge in [0.2, 0.25) is 0 Å². The Morgan fingerprint density at radius 1 is 1.25 bits per heavy atom. The summed E-state index contributed by atoms with van der Waals surface area (Å²) in [6, 6.07) is 11.5. The number of rotatable bonds is 5. The molecule has 4 rings (SSSR count). The van der Waals surface area contributed by atoms with Crippen molar-refractivity contribution in [3.05, 3.63) is 47.7 Å². The van der Waals surface area contributed by atoms with Gasteiger partial charge in [0.15, 0.2) is 11.8 Å². The van der Waals surface area contributed by atoms with Crippen LogP contribution >= 0.6 is 0 Å². The highest BCUT2D eigenvalue weighted by molar-refractivity contribution is 6.05. The molecule has 3 aromatic rings. The summed E-state index contributed by atoms with van der Waals surface area (Å²) in [4.78, 5) is 29.8. The lowest BCUT2D eigenvalue weighted by Crippen LogP contribution is -2.37. The molecule has 0 unspecified atom stereocenters. The standard InChI is InChI=1S/C21H22N4O3/c1-12-18-16(21(27)28-13(2)20(26)22-15-9-10-15)11-17(14-7-5-4-6-8-14)23-19(18)25(3)24-12/h4-8,11,13,15H,9-10H2,1-3H3,(H,22,26)/t13-/m1/s1. The van der Waals surface area contributed by atoms with Crippen molar-refractivity contribution in [3.63, 3.8) is 0 Å². The first-order valence-corrected chi connectivity index (χ1v) is 9.35. The van der Waals surface area contributed by atoms with Crippen molar-refractivity contribution in [2.24, 2.45) is 7.05 Å². The maximum absolute atomic E-state index is 13.0. The minimum atomic E-state index is -0.867. The van der Waals surface area contributed by atoms with Gasteiger partial charge in [-0.3, -0.25) is 9.48 Å². The number of nitrogens with one attached hydrogen (secondary N) is 1. The number of aromatic nitrogens is 3. The lowest BCUT2D eigenvalue weighted by Gasteiger charge is -2.14. The summed E-state index contributed by atoms with van der Waals surface area (Å²) in [7, 11) is 1.79. The number of carbonyl (C=O) groups is 2. The molecule has 1 saturated carbocycles. The van der Waals surface area contributed by atoms with Crippen molar-refractivity contribution in [2.45, 2.75) is 38.8 Å². The van der Waals surface area contributed by atoms with Crippen molar-refractivity contribution in [2.75, 3.05) is 0 Å². The summed E-state index contributed by atoms with van der Waals surface area (Å²) in [6.07, 6.45) is 1.09. The molecule has 0 aliphatic heterocycles. The summed E-state index contributed by atoms with van der Waals surface area (Å²) in [5, 5.41) is 7.89. The number of carbonyl (C=O) groups excluding carboxylic acids is 2. The van der Waals surface area contributed by atoms with Crippen molar-refractivity contribution in [1.82, 2.24) is 20.1 Å². The van der Waals surface area contributed by atoms with E-state index in [9.17, 15) is 9.59 Å². The number of benzene rings is 1. The van der Waals surface area contributed by atoms with E-state index < -0.39 is 12.1 Å². The van der Waals surface area contributed by atoms with Gasteiger partial charge in [-0.1, -0.05) is 30.3 Å². The van der Waals surface area contributed by atoms with Crippen LogP contribution in [0.3, 0.4) is 0 Å². The van der Waals surface area contributed by atoms with Crippen LogP contribution in [0.4, 0.5) is 0 Å². The molecule has 1 aliphatic rings. The Morgan fingerprint density at radius 3 is 2.64 bits per heavy atom. The van der Waals surface area contributed by atoms with Crippen molar-refractivity contribution < 1.29 is 14.3 Å². The SMILES string of the molecule is Cc1nn(C)c2nc(-c3ccccc3)cc(C(=O)O[C@H](C)C(=O)NC3CC3)c12. The largest absolute Gasteiger partial charge is 0.449 e. The van der Waals surface area contributed by atoms with Crippen LogP contribution in [0.2, 0.25) is 0 Å². The van der Waals surface area contributed by atoms with Gasteiger partial charge in [-0.05, 0) is 32.8 Å². The zero-order chi connectivity index (χ0) is 19.8. The van der Waals surface area contributed by atoms with Gasteiger partial charge in [-0.2, -0.15) is 5.10 Å². The monoisotopic (exact) mass is 378 g/mol. The van der Waals surface area contributed by atoms with Crippen molar-refractivity contribution in [3.8, 4) is 11.3 Å². The Hall–Kier alpha value is -3.22. The van der Waals surface area contributed by atoms with Crippen LogP contribution in [-0.4, -0.2) is 38.8 Å². The van der Waals surface area contributed by atoms with E-state index in [-0.39, 0.29) is 11.9 Å². The van der Waals surface area contributed by atoms with E-state index >= 15 is 0 Å². The van der Waals surface area contributed by atoms with Crippen molar-refractivity contribution in [1.29, 1.82) is 0 Å². The maximum atomic E-state index is 13.0. The van der Waals surface area contributed by atoms with Gasteiger partial charge in [-0.15, -0.1) is 0 Å². The highest BCUT2D eigenvalue weighted by Gasteiger charge is 2.28. The summed E-state index contributed by atoms with van der Waals surface area (Å²) < 4.78 is 7.12. The number of hydrogen-bond acceptors (Lipinski definition) is 5. The summed E-state index contributed by atoms with van der Waals surface area (Å²) >= 11 is 0. The number of fused-ring (bicyclic) bond motifs is 1. The van der Waals surface area contributed by atoms with Gasteiger partial charge in [0.1, 0.15) is 0 Å². The van der Waals surface area contributed by atoms with Gasteiger partial charge < -0.3 is 10.1 Å². The predicted molar refractivity (Wildman–Crippen MR) is 105 cm³/mol. The molecule has 7 heteroatoms. The minimum Gasteiger partial charge on any atom is -0.449 e. The van der Waals surface area contributed by atoms with Gasteiger partial charge in [0.25, 0.3) is 5.91 Å². The molecule has 144 valence electrons. The third-order valence-electron chi connectivity index (χ3n) is 4.83. The number of pyridine rings is 1. The number of aryl methyl sites for hydroxylation is 2. The highest BCUT2D eigenvalue weighted by Crippen LogP contribution is 2.27. The van der Waals surface area contributed by atoms with E-state index in [0.717, 1.165) is 18.4 Å². The second kappa shape index (κ2) is 7.07. The van der Waals surface area contributed by atoms with Gasteiger partial charge in [0.05, 0.1) is 22.3 Å². The smallest absolute Gasteiger partial charge is 0.339 e. The van der Waals surface area contributed by atoms with Crippen molar-refractivity contribution >= 4 is 22.9 Å². The first kappa shape index (κ1) is 18.2. The molecular formula is C21H22N4O3. The average Bonchev–Trinajstić information content (AvgIpc) is 3.46. The molecule has 1 aliphatic carbocycles. The van der Waals surface area contributed by atoms with Crippen LogP contribution in [-0.2, 0) is 16.6 Å². The second-order valence-electron chi connectivity index (χ2n) is 7.16. The number of amides is 1. The molecule has 1 fully saturated rings. The molecule has 0 spiro atoms. The zero-order valence-corrected chi connectivity index (χ0v) is 16.1. The average molecular weight is 378 g/mol. The molecule has 0 saturated heterocycles. The Labute approximate surface area is 162 Å². The minimum absolute atomic E-state index is 0.214. The molecule has 0 bridgehead atoms. The molecule has 28 heavy (non-hydrogen) atoms. The second-order valence-corrected chi connectivity index (χ2v) is 7.16. The maximum Gasteiger partial charge on any atom is 0.339 e. The zero-order valence-electron chi connectivity index (χ0n) is 16.1. The molecule has 2 aromatic heterocycles. The third kappa shape index (κ3) is 3.47. The van der Waals surface area contributed by atoms with Crippen LogP contribution in [0.25, 0.3) is 22.3 Å². The number of esters is 1. The van der Waals surface area contributed by atoms with E-state index in [0.29, 0.717) is 28.0 Å². The Kier molecular flexibility index (Phi) is 4.58. The van der Waals surface area contributed by atoms with Crippen LogP contribution in [0.15, 0.2) is 36.4 Å². The van der Waals surface area contributed by atoms with E-state index in [1.807, 2.05) is 37.3 Å².